The lowest BCUT2D eigenvalue weighted by Crippen LogP contribution is -2.28. The Labute approximate surface area is 107 Å². The average Bonchev–Trinajstić information content (AvgIpc) is 2.85. The lowest BCUT2D eigenvalue weighted by Gasteiger charge is -2.07. The zero-order chi connectivity index (χ0) is 12.8. The van der Waals surface area contributed by atoms with Gasteiger partial charge >= 0.3 is 0 Å². The molecule has 4 heteroatoms. The van der Waals surface area contributed by atoms with Crippen molar-refractivity contribution in [3.63, 3.8) is 0 Å². The standard InChI is InChI=1S/C14H17N3O/c1-12-5-2-3-6-13(12)11-14(18)15-8-10-17-9-4-7-16-17/h2-7,9H,8,10-11H2,1H3,(H,15,18). The number of hydrogen-bond donors (Lipinski definition) is 1. The molecule has 0 aliphatic heterocycles. The van der Waals surface area contributed by atoms with Crippen LogP contribution >= 0.6 is 0 Å². The Hall–Kier alpha value is -2.10. The number of aromatic nitrogens is 2. The molecule has 0 spiro atoms. The number of aryl methyl sites for hydroxylation is 1. The Morgan fingerprint density at radius 1 is 1.33 bits per heavy atom. The SMILES string of the molecule is Cc1ccccc1CC(=O)NCCn1cccn1. The van der Waals surface area contributed by atoms with E-state index >= 15 is 0 Å². The quantitative estimate of drug-likeness (QED) is 0.866. The average molecular weight is 243 g/mol. The molecule has 4 nitrogen and oxygen atoms in total. The summed E-state index contributed by atoms with van der Waals surface area (Å²) in [6, 6.07) is 9.82. The zero-order valence-corrected chi connectivity index (χ0v) is 10.5. The molecule has 94 valence electrons. The predicted octanol–water partition coefficient (Wildman–Crippen LogP) is 1.55. The Morgan fingerprint density at radius 3 is 2.89 bits per heavy atom. The highest BCUT2D eigenvalue weighted by molar-refractivity contribution is 5.78. The summed E-state index contributed by atoms with van der Waals surface area (Å²) in [6.07, 6.45) is 4.05. The predicted molar refractivity (Wildman–Crippen MR) is 70.1 cm³/mol. The summed E-state index contributed by atoms with van der Waals surface area (Å²) in [6.45, 7) is 3.32. The van der Waals surface area contributed by atoms with Crippen LogP contribution in [0.2, 0.25) is 0 Å². The monoisotopic (exact) mass is 243 g/mol. The van der Waals surface area contributed by atoms with Gasteiger partial charge in [-0.2, -0.15) is 5.10 Å². The van der Waals surface area contributed by atoms with Crippen LogP contribution in [0.3, 0.4) is 0 Å². The van der Waals surface area contributed by atoms with Crippen LogP contribution in [0.25, 0.3) is 0 Å². The van der Waals surface area contributed by atoms with E-state index in [1.54, 1.807) is 10.9 Å². The number of amides is 1. The van der Waals surface area contributed by atoms with E-state index in [0.29, 0.717) is 19.5 Å². The second-order valence-corrected chi connectivity index (χ2v) is 4.22. The van der Waals surface area contributed by atoms with Crippen molar-refractivity contribution in [3.05, 3.63) is 53.9 Å². The summed E-state index contributed by atoms with van der Waals surface area (Å²) in [5.74, 6) is 0.0523. The van der Waals surface area contributed by atoms with Crippen LogP contribution < -0.4 is 5.32 Å². The molecule has 1 N–H and O–H groups in total. The maximum absolute atomic E-state index is 11.8. The molecular formula is C14H17N3O. The van der Waals surface area contributed by atoms with Crippen molar-refractivity contribution in [3.8, 4) is 0 Å². The molecule has 0 saturated heterocycles. The van der Waals surface area contributed by atoms with Gasteiger partial charge in [0.05, 0.1) is 13.0 Å². The van der Waals surface area contributed by atoms with Gasteiger partial charge < -0.3 is 5.32 Å². The summed E-state index contributed by atoms with van der Waals surface area (Å²) >= 11 is 0. The third-order valence-electron chi connectivity index (χ3n) is 2.83. The van der Waals surface area contributed by atoms with E-state index in [9.17, 15) is 4.79 Å². The molecule has 0 aliphatic rings. The van der Waals surface area contributed by atoms with E-state index in [1.165, 1.54) is 0 Å². The molecule has 18 heavy (non-hydrogen) atoms. The molecule has 0 saturated carbocycles. The summed E-state index contributed by atoms with van der Waals surface area (Å²) < 4.78 is 1.80. The van der Waals surface area contributed by atoms with Crippen molar-refractivity contribution in [2.75, 3.05) is 6.54 Å². The van der Waals surface area contributed by atoms with Gasteiger partial charge in [-0.05, 0) is 24.1 Å². The fraction of sp³-hybridized carbons (Fsp3) is 0.286. The molecule has 1 aromatic carbocycles. The van der Waals surface area contributed by atoms with E-state index in [1.807, 2.05) is 43.5 Å². The van der Waals surface area contributed by atoms with Gasteiger partial charge in [0, 0.05) is 18.9 Å². The van der Waals surface area contributed by atoms with E-state index < -0.39 is 0 Å². The van der Waals surface area contributed by atoms with E-state index in [2.05, 4.69) is 10.4 Å². The molecular weight excluding hydrogens is 226 g/mol. The second-order valence-electron chi connectivity index (χ2n) is 4.22. The van der Waals surface area contributed by atoms with Crippen LogP contribution in [-0.4, -0.2) is 22.2 Å². The molecule has 1 aromatic heterocycles. The summed E-state index contributed by atoms with van der Waals surface area (Å²) in [4.78, 5) is 11.8. The first-order valence-electron chi connectivity index (χ1n) is 6.04. The van der Waals surface area contributed by atoms with Gasteiger partial charge in [-0.3, -0.25) is 9.48 Å². The van der Waals surface area contributed by atoms with E-state index in [-0.39, 0.29) is 5.91 Å². The summed E-state index contributed by atoms with van der Waals surface area (Å²) in [7, 11) is 0. The maximum atomic E-state index is 11.8. The number of benzene rings is 1. The molecule has 0 fully saturated rings. The third-order valence-corrected chi connectivity index (χ3v) is 2.83. The Kier molecular flexibility index (Phi) is 4.12. The molecule has 1 heterocycles. The van der Waals surface area contributed by atoms with Crippen LogP contribution in [0.15, 0.2) is 42.7 Å². The normalized spacial score (nSPS) is 10.3. The number of nitrogens with zero attached hydrogens (tertiary/aromatic N) is 2. The topological polar surface area (TPSA) is 46.9 Å². The van der Waals surface area contributed by atoms with Crippen molar-refractivity contribution in [1.82, 2.24) is 15.1 Å². The molecule has 0 radical (unpaired) electrons. The first-order chi connectivity index (χ1) is 8.75. The molecule has 0 unspecified atom stereocenters. The first-order valence-corrected chi connectivity index (χ1v) is 6.04. The first kappa shape index (κ1) is 12.4. The maximum Gasteiger partial charge on any atom is 0.224 e. The van der Waals surface area contributed by atoms with Crippen molar-refractivity contribution >= 4 is 5.91 Å². The Balaban J connectivity index is 1.77. The Morgan fingerprint density at radius 2 is 2.17 bits per heavy atom. The number of carbonyl (C=O) groups is 1. The minimum absolute atomic E-state index is 0.0523. The smallest absolute Gasteiger partial charge is 0.224 e. The largest absolute Gasteiger partial charge is 0.354 e. The van der Waals surface area contributed by atoms with Gasteiger partial charge in [0.1, 0.15) is 0 Å². The fourth-order valence-electron chi connectivity index (χ4n) is 1.79. The van der Waals surface area contributed by atoms with Gasteiger partial charge in [0.15, 0.2) is 0 Å². The fourth-order valence-corrected chi connectivity index (χ4v) is 1.79. The van der Waals surface area contributed by atoms with Crippen molar-refractivity contribution in [2.45, 2.75) is 19.9 Å². The van der Waals surface area contributed by atoms with Gasteiger partial charge in [-0.15, -0.1) is 0 Å². The van der Waals surface area contributed by atoms with Crippen molar-refractivity contribution in [2.24, 2.45) is 0 Å². The van der Waals surface area contributed by atoms with Crippen LogP contribution in [0.1, 0.15) is 11.1 Å². The lowest BCUT2D eigenvalue weighted by molar-refractivity contribution is -0.120. The molecule has 1 amide bonds. The molecule has 2 rings (SSSR count). The number of hydrogen-bond acceptors (Lipinski definition) is 2. The second kappa shape index (κ2) is 6.00. The van der Waals surface area contributed by atoms with Crippen LogP contribution in [-0.2, 0) is 17.8 Å². The zero-order valence-electron chi connectivity index (χ0n) is 10.5. The van der Waals surface area contributed by atoms with Crippen LogP contribution in [0.4, 0.5) is 0 Å². The van der Waals surface area contributed by atoms with Gasteiger partial charge in [-0.1, -0.05) is 24.3 Å². The highest BCUT2D eigenvalue weighted by atomic mass is 16.1. The Bertz CT molecular complexity index is 506. The van der Waals surface area contributed by atoms with Gasteiger partial charge in [0.25, 0.3) is 0 Å². The van der Waals surface area contributed by atoms with Gasteiger partial charge in [-0.25, -0.2) is 0 Å². The molecule has 2 aromatic rings. The van der Waals surface area contributed by atoms with Crippen molar-refractivity contribution in [1.29, 1.82) is 0 Å². The lowest BCUT2D eigenvalue weighted by atomic mass is 10.1. The highest BCUT2D eigenvalue weighted by Gasteiger charge is 2.04. The van der Waals surface area contributed by atoms with Crippen LogP contribution in [0, 0.1) is 6.92 Å². The number of nitrogens with one attached hydrogen (secondary N) is 1. The molecule has 0 atom stereocenters. The van der Waals surface area contributed by atoms with E-state index in [0.717, 1.165) is 11.1 Å². The van der Waals surface area contributed by atoms with Gasteiger partial charge in [0.2, 0.25) is 5.91 Å². The number of rotatable bonds is 5. The highest BCUT2D eigenvalue weighted by Crippen LogP contribution is 2.07. The minimum Gasteiger partial charge on any atom is -0.354 e. The minimum atomic E-state index is 0.0523. The molecule has 0 aliphatic carbocycles. The van der Waals surface area contributed by atoms with E-state index in [4.69, 9.17) is 0 Å². The third kappa shape index (κ3) is 3.45. The number of carbonyl (C=O) groups excluding carboxylic acids is 1. The summed E-state index contributed by atoms with van der Waals surface area (Å²) in [5.41, 5.74) is 2.23. The summed E-state index contributed by atoms with van der Waals surface area (Å²) in [5, 5.41) is 6.97. The van der Waals surface area contributed by atoms with Crippen LogP contribution in [0.5, 0.6) is 0 Å². The van der Waals surface area contributed by atoms with Crippen molar-refractivity contribution < 1.29 is 4.79 Å². The molecule has 0 bridgehead atoms.